The molecule has 1 aromatic rings. The predicted octanol–water partition coefficient (Wildman–Crippen LogP) is 2.30. The molecule has 3 nitrogen and oxygen atoms in total. The van der Waals surface area contributed by atoms with Gasteiger partial charge in [-0.2, -0.15) is 0 Å². The van der Waals surface area contributed by atoms with Crippen LogP contribution in [-0.2, 0) is 11.2 Å². The lowest BCUT2D eigenvalue weighted by molar-refractivity contribution is 0.0659. The summed E-state index contributed by atoms with van der Waals surface area (Å²) in [6.07, 6.45) is 3.68. The molecule has 1 aromatic carbocycles. The molecule has 112 valence electrons. The van der Waals surface area contributed by atoms with E-state index in [0.717, 1.165) is 32.1 Å². The zero-order chi connectivity index (χ0) is 14.4. The second-order valence-corrected chi connectivity index (χ2v) is 6.30. The van der Waals surface area contributed by atoms with Gasteiger partial charge < -0.3 is 10.5 Å². The van der Waals surface area contributed by atoms with Gasteiger partial charge in [0, 0.05) is 25.2 Å². The maximum atomic E-state index is 6.04. The van der Waals surface area contributed by atoms with Crippen LogP contribution >= 0.6 is 0 Å². The second-order valence-electron chi connectivity index (χ2n) is 6.30. The van der Waals surface area contributed by atoms with E-state index in [1.807, 2.05) is 0 Å². The van der Waals surface area contributed by atoms with Crippen LogP contribution in [0.5, 0.6) is 0 Å². The monoisotopic (exact) mass is 276 g/mol. The third kappa shape index (κ3) is 4.58. The van der Waals surface area contributed by atoms with E-state index < -0.39 is 0 Å². The molecule has 2 rings (SSSR count). The summed E-state index contributed by atoms with van der Waals surface area (Å²) in [6, 6.07) is 10.6. The second kappa shape index (κ2) is 7.21. The van der Waals surface area contributed by atoms with E-state index in [9.17, 15) is 0 Å². The molecule has 1 saturated carbocycles. The van der Waals surface area contributed by atoms with Gasteiger partial charge in [0.1, 0.15) is 0 Å². The molecule has 2 N–H and O–H groups in total. The maximum absolute atomic E-state index is 6.04. The SMILES string of the molecule is CN(CCOCC1CC1)C(C)(CN)Cc1ccccc1. The Morgan fingerprint density at radius 2 is 2.00 bits per heavy atom. The van der Waals surface area contributed by atoms with Crippen LogP contribution in [0.4, 0.5) is 0 Å². The minimum absolute atomic E-state index is 0.00963. The van der Waals surface area contributed by atoms with Crippen LogP contribution in [0.25, 0.3) is 0 Å². The first-order valence-corrected chi connectivity index (χ1v) is 7.67. The lowest BCUT2D eigenvalue weighted by Crippen LogP contribution is -2.52. The summed E-state index contributed by atoms with van der Waals surface area (Å²) >= 11 is 0. The molecule has 1 unspecified atom stereocenters. The number of likely N-dealkylation sites (N-methyl/N-ethyl adjacent to an activating group) is 1. The highest BCUT2D eigenvalue weighted by Gasteiger charge is 2.28. The van der Waals surface area contributed by atoms with E-state index in [4.69, 9.17) is 10.5 Å². The predicted molar refractivity (Wildman–Crippen MR) is 83.8 cm³/mol. The molecule has 1 atom stereocenters. The topological polar surface area (TPSA) is 38.5 Å². The van der Waals surface area contributed by atoms with Crippen LogP contribution < -0.4 is 5.73 Å². The van der Waals surface area contributed by atoms with Crippen molar-refractivity contribution >= 4 is 0 Å². The largest absolute Gasteiger partial charge is 0.380 e. The number of hydrogen-bond acceptors (Lipinski definition) is 3. The van der Waals surface area contributed by atoms with Crippen LogP contribution in [0.15, 0.2) is 30.3 Å². The average Bonchev–Trinajstić information content (AvgIpc) is 3.28. The van der Waals surface area contributed by atoms with Gasteiger partial charge in [-0.15, -0.1) is 0 Å². The maximum Gasteiger partial charge on any atom is 0.0593 e. The average molecular weight is 276 g/mol. The minimum atomic E-state index is -0.00963. The van der Waals surface area contributed by atoms with Crippen LogP contribution in [-0.4, -0.2) is 43.8 Å². The molecule has 0 radical (unpaired) electrons. The molecule has 1 aliphatic rings. The highest BCUT2D eigenvalue weighted by atomic mass is 16.5. The Balaban J connectivity index is 1.80. The summed E-state index contributed by atoms with van der Waals surface area (Å²) in [4.78, 5) is 2.34. The molecule has 1 aliphatic carbocycles. The Kier molecular flexibility index (Phi) is 5.58. The first-order valence-electron chi connectivity index (χ1n) is 7.67. The summed E-state index contributed by atoms with van der Waals surface area (Å²) in [5, 5.41) is 0. The van der Waals surface area contributed by atoms with Gasteiger partial charge in [0.2, 0.25) is 0 Å². The molecule has 0 aromatic heterocycles. The number of rotatable bonds is 9. The molecule has 0 heterocycles. The third-order valence-electron chi connectivity index (χ3n) is 4.41. The van der Waals surface area contributed by atoms with Gasteiger partial charge in [0.05, 0.1) is 6.61 Å². The van der Waals surface area contributed by atoms with E-state index in [-0.39, 0.29) is 5.54 Å². The Morgan fingerprint density at radius 1 is 1.30 bits per heavy atom. The van der Waals surface area contributed by atoms with Crippen LogP contribution in [0, 0.1) is 5.92 Å². The van der Waals surface area contributed by atoms with Crippen molar-refractivity contribution in [3.05, 3.63) is 35.9 Å². The van der Waals surface area contributed by atoms with Crippen molar-refractivity contribution in [3.63, 3.8) is 0 Å². The first-order chi connectivity index (χ1) is 9.64. The first kappa shape index (κ1) is 15.5. The molecule has 0 saturated heterocycles. The molecule has 0 aliphatic heterocycles. The molecule has 0 bridgehead atoms. The van der Waals surface area contributed by atoms with Gasteiger partial charge in [-0.05, 0) is 44.7 Å². The fourth-order valence-electron chi connectivity index (χ4n) is 2.40. The van der Waals surface area contributed by atoms with E-state index >= 15 is 0 Å². The summed E-state index contributed by atoms with van der Waals surface area (Å²) in [5.41, 5.74) is 7.37. The van der Waals surface area contributed by atoms with Crippen molar-refractivity contribution in [1.82, 2.24) is 4.90 Å². The van der Waals surface area contributed by atoms with Gasteiger partial charge >= 0.3 is 0 Å². The van der Waals surface area contributed by atoms with E-state index in [1.165, 1.54) is 18.4 Å². The van der Waals surface area contributed by atoms with Crippen molar-refractivity contribution in [2.24, 2.45) is 11.7 Å². The summed E-state index contributed by atoms with van der Waals surface area (Å²) < 4.78 is 5.74. The molecule has 20 heavy (non-hydrogen) atoms. The molecular formula is C17H28N2O. The summed E-state index contributed by atoms with van der Waals surface area (Å²) in [5.74, 6) is 0.838. The highest BCUT2D eigenvalue weighted by Crippen LogP contribution is 2.28. The third-order valence-corrected chi connectivity index (χ3v) is 4.41. The number of benzene rings is 1. The Labute approximate surface area is 123 Å². The fourth-order valence-corrected chi connectivity index (χ4v) is 2.40. The van der Waals surface area contributed by atoms with Crippen LogP contribution in [0.3, 0.4) is 0 Å². The zero-order valence-electron chi connectivity index (χ0n) is 12.8. The van der Waals surface area contributed by atoms with Crippen LogP contribution in [0.2, 0.25) is 0 Å². The summed E-state index contributed by atoms with van der Waals surface area (Å²) in [6.45, 7) is 5.57. The smallest absolute Gasteiger partial charge is 0.0593 e. The van der Waals surface area contributed by atoms with Crippen molar-refractivity contribution in [1.29, 1.82) is 0 Å². The van der Waals surface area contributed by atoms with Gasteiger partial charge in [0.25, 0.3) is 0 Å². The highest BCUT2D eigenvalue weighted by molar-refractivity contribution is 5.17. The molecule has 1 fully saturated rings. The molecule has 0 amide bonds. The van der Waals surface area contributed by atoms with Gasteiger partial charge in [-0.3, -0.25) is 4.90 Å². The standard InChI is InChI=1S/C17H28N2O/c1-17(14-18,12-15-6-4-3-5-7-15)19(2)10-11-20-13-16-8-9-16/h3-7,16H,8-14,18H2,1-2H3. The minimum Gasteiger partial charge on any atom is -0.380 e. The van der Waals surface area contributed by atoms with Gasteiger partial charge in [-0.25, -0.2) is 0 Å². The lowest BCUT2D eigenvalue weighted by atomic mass is 9.91. The van der Waals surface area contributed by atoms with Crippen molar-refractivity contribution in [3.8, 4) is 0 Å². The van der Waals surface area contributed by atoms with E-state index in [2.05, 4.69) is 49.2 Å². The van der Waals surface area contributed by atoms with E-state index in [0.29, 0.717) is 6.54 Å². The Hall–Kier alpha value is -0.900. The van der Waals surface area contributed by atoms with Crippen molar-refractivity contribution in [2.45, 2.75) is 31.7 Å². The molecular weight excluding hydrogens is 248 g/mol. The number of nitrogens with two attached hydrogens (primary N) is 1. The van der Waals surface area contributed by atoms with Gasteiger partial charge in [0.15, 0.2) is 0 Å². The van der Waals surface area contributed by atoms with Crippen molar-refractivity contribution < 1.29 is 4.74 Å². The lowest BCUT2D eigenvalue weighted by Gasteiger charge is -2.38. The summed E-state index contributed by atoms with van der Waals surface area (Å²) in [7, 11) is 2.15. The van der Waals surface area contributed by atoms with E-state index in [1.54, 1.807) is 0 Å². The van der Waals surface area contributed by atoms with Crippen molar-refractivity contribution in [2.75, 3.05) is 33.4 Å². The van der Waals surface area contributed by atoms with Crippen LogP contribution in [0.1, 0.15) is 25.3 Å². The normalized spacial score (nSPS) is 18.2. The fraction of sp³-hybridized carbons (Fsp3) is 0.647. The number of ether oxygens (including phenoxy) is 1. The Bertz CT molecular complexity index is 391. The quantitative estimate of drug-likeness (QED) is 0.703. The number of hydrogen-bond donors (Lipinski definition) is 1. The zero-order valence-corrected chi connectivity index (χ0v) is 12.8. The van der Waals surface area contributed by atoms with Gasteiger partial charge in [-0.1, -0.05) is 30.3 Å². The number of nitrogens with zero attached hydrogens (tertiary/aromatic N) is 1. The molecule has 3 heteroatoms. The Morgan fingerprint density at radius 3 is 2.60 bits per heavy atom. The molecule has 0 spiro atoms.